The molecule has 2 heterocycles. The molecule has 2 saturated heterocycles. The SMILES string of the molecule is C1CO1.O=C1CCCc2c(OC[C@@H]3CO3)cccc21. The third kappa shape index (κ3) is 3.55. The number of Topliss-reactive ketones (excluding diaryl/α,β-unsaturated/α-hetero) is 1. The summed E-state index contributed by atoms with van der Waals surface area (Å²) in [6.45, 7) is 3.40. The Bertz CT molecular complexity index is 460. The van der Waals surface area contributed by atoms with Crippen LogP contribution in [0.2, 0.25) is 0 Å². The van der Waals surface area contributed by atoms with Crippen LogP contribution in [0, 0.1) is 0 Å². The molecule has 0 saturated carbocycles. The molecule has 1 aliphatic carbocycles. The maximum atomic E-state index is 11.7. The van der Waals surface area contributed by atoms with E-state index < -0.39 is 0 Å². The van der Waals surface area contributed by atoms with Crippen molar-refractivity contribution in [2.45, 2.75) is 25.4 Å². The molecular weight excluding hydrogens is 244 g/mol. The fourth-order valence-electron chi connectivity index (χ4n) is 2.13. The molecule has 4 nitrogen and oxygen atoms in total. The molecule has 0 aromatic heterocycles. The molecule has 19 heavy (non-hydrogen) atoms. The summed E-state index contributed by atoms with van der Waals surface area (Å²) >= 11 is 0. The largest absolute Gasteiger partial charge is 0.490 e. The van der Waals surface area contributed by atoms with Gasteiger partial charge in [0.1, 0.15) is 18.5 Å². The maximum Gasteiger partial charge on any atom is 0.163 e. The van der Waals surface area contributed by atoms with Crippen molar-refractivity contribution >= 4 is 5.78 Å². The van der Waals surface area contributed by atoms with Gasteiger partial charge in [-0.25, -0.2) is 0 Å². The molecular formula is C15H18O4. The van der Waals surface area contributed by atoms with Gasteiger partial charge in [0.15, 0.2) is 5.78 Å². The Hall–Kier alpha value is -1.39. The monoisotopic (exact) mass is 262 g/mol. The van der Waals surface area contributed by atoms with Gasteiger partial charge in [0.05, 0.1) is 19.8 Å². The van der Waals surface area contributed by atoms with Gasteiger partial charge in [0.25, 0.3) is 0 Å². The molecule has 4 heteroatoms. The molecule has 0 bridgehead atoms. The molecule has 2 fully saturated rings. The second-order valence-corrected chi connectivity index (χ2v) is 4.94. The number of rotatable bonds is 3. The van der Waals surface area contributed by atoms with Gasteiger partial charge >= 0.3 is 0 Å². The predicted molar refractivity (Wildman–Crippen MR) is 69.8 cm³/mol. The van der Waals surface area contributed by atoms with Gasteiger partial charge in [-0.15, -0.1) is 0 Å². The summed E-state index contributed by atoms with van der Waals surface area (Å²) < 4.78 is 15.3. The third-order valence-corrected chi connectivity index (χ3v) is 3.30. The lowest BCUT2D eigenvalue weighted by atomic mass is 9.90. The van der Waals surface area contributed by atoms with Gasteiger partial charge in [-0.3, -0.25) is 4.79 Å². The summed E-state index contributed by atoms with van der Waals surface area (Å²) in [7, 11) is 0. The molecule has 0 N–H and O–H groups in total. The Morgan fingerprint density at radius 1 is 1.26 bits per heavy atom. The highest BCUT2D eigenvalue weighted by atomic mass is 16.6. The lowest BCUT2D eigenvalue weighted by Crippen LogP contribution is -2.13. The highest BCUT2D eigenvalue weighted by molar-refractivity contribution is 5.99. The van der Waals surface area contributed by atoms with Gasteiger partial charge in [-0.05, 0) is 18.9 Å². The molecule has 4 rings (SSSR count). The summed E-state index contributed by atoms with van der Waals surface area (Å²) in [5, 5.41) is 0. The predicted octanol–water partition coefficient (Wildman–Crippen LogP) is 2.00. The van der Waals surface area contributed by atoms with Crippen molar-refractivity contribution in [2.75, 3.05) is 26.4 Å². The van der Waals surface area contributed by atoms with Crippen molar-refractivity contribution in [2.24, 2.45) is 0 Å². The van der Waals surface area contributed by atoms with Crippen LogP contribution in [0.5, 0.6) is 5.75 Å². The van der Waals surface area contributed by atoms with Crippen molar-refractivity contribution in [1.82, 2.24) is 0 Å². The molecule has 1 atom stereocenters. The van der Waals surface area contributed by atoms with Gasteiger partial charge < -0.3 is 14.2 Å². The van der Waals surface area contributed by atoms with Crippen LogP contribution in [0.3, 0.4) is 0 Å². The zero-order valence-corrected chi connectivity index (χ0v) is 10.9. The number of ether oxygens (including phenoxy) is 3. The van der Waals surface area contributed by atoms with E-state index in [9.17, 15) is 4.79 Å². The quantitative estimate of drug-likeness (QED) is 0.782. The third-order valence-electron chi connectivity index (χ3n) is 3.30. The molecule has 1 aromatic rings. The normalized spacial score (nSPS) is 22.9. The standard InChI is InChI=1S/C13H14O3.C2H4O/c14-12-5-1-4-11-10(12)3-2-6-13(11)16-8-9-7-15-9;1-2-3-1/h2-3,6,9H,1,4-5,7-8H2;1-2H2/t9-;/m0./s1. The number of ketones is 1. The zero-order chi connectivity index (χ0) is 13.1. The van der Waals surface area contributed by atoms with E-state index in [1.165, 1.54) is 0 Å². The second kappa shape index (κ2) is 5.72. The van der Waals surface area contributed by atoms with Gasteiger partial charge in [-0.1, -0.05) is 12.1 Å². The number of hydrogen-bond acceptors (Lipinski definition) is 4. The first kappa shape index (κ1) is 12.6. The van der Waals surface area contributed by atoms with Crippen LogP contribution in [0.15, 0.2) is 18.2 Å². The first-order valence-electron chi connectivity index (χ1n) is 6.82. The Morgan fingerprint density at radius 2 is 2.05 bits per heavy atom. The maximum absolute atomic E-state index is 11.7. The van der Waals surface area contributed by atoms with Crippen molar-refractivity contribution in [3.8, 4) is 5.75 Å². The molecule has 2 aliphatic heterocycles. The molecule has 0 radical (unpaired) electrons. The Kier molecular flexibility index (Phi) is 3.80. The minimum atomic E-state index is 0.245. The highest BCUT2D eigenvalue weighted by Crippen LogP contribution is 2.30. The number of carbonyl (C=O) groups excluding carboxylic acids is 1. The average Bonchev–Trinajstić information content (AvgIpc) is 3.31. The zero-order valence-electron chi connectivity index (χ0n) is 10.9. The number of epoxide rings is 2. The molecule has 0 spiro atoms. The van der Waals surface area contributed by atoms with E-state index >= 15 is 0 Å². The smallest absolute Gasteiger partial charge is 0.163 e. The van der Waals surface area contributed by atoms with E-state index in [4.69, 9.17) is 9.47 Å². The van der Waals surface area contributed by atoms with E-state index in [1.807, 2.05) is 18.2 Å². The lowest BCUT2D eigenvalue weighted by Gasteiger charge is -2.18. The Morgan fingerprint density at radius 3 is 2.74 bits per heavy atom. The molecule has 102 valence electrons. The first-order valence-corrected chi connectivity index (χ1v) is 6.82. The molecule has 0 amide bonds. The highest BCUT2D eigenvalue weighted by Gasteiger charge is 2.25. The number of benzene rings is 1. The van der Waals surface area contributed by atoms with Crippen LogP contribution in [0.25, 0.3) is 0 Å². The van der Waals surface area contributed by atoms with Gasteiger partial charge in [0.2, 0.25) is 0 Å². The minimum Gasteiger partial charge on any atom is -0.490 e. The van der Waals surface area contributed by atoms with Gasteiger partial charge in [0, 0.05) is 17.5 Å². The van der Waals surface area contributed by atoms with E-state index in [1.54, 1.807) is 0 Å². The van der Waals surface area contributed by atoms with Crippen LogP contribution < -0.4 is 4.74 Å². The topological polar surface area (TPSA) is 51.4 Å². The summed E-state index contributed by atoms with van der Waals surface area (Å²) in [6, 6.07) is 5.74. The summed E-state index contributed by atoms with van der Waals surface area (Å²) in [5.74, 6) is 1.11. The van der Waals surface area contributed by atoms with Crippen molar-refractivity contribution in [3.63, 3.8) is 0 Å². The summed E-state index contributed by atoms with van der Waals surface area (Å²) in [5.41, 5.74) is 1.93. The summed E-state index contributed by atoms with van der Waals surface area (Å²) in [6.07, 6.45) is 2.81. The van der Waals surface area contributed by atoms with E-state index in [2.05, 4.69) is 4.74 Å². The Labute approximate surface area is 112 Å². The molecule has 3 aliphatic rings. The van der Waals surface area contributed by atoms with Crippen molar-refractivity contribution in [1.29, 1.82) is 0 Å². The van der Waals surface area contributed by atoms with Crippen LogP contribution >= 0.6 is 0 Å². The van der Waals surface area contributed by atoms with E-state index in [0.717, 1.165) is 49.5 Å². The summed E-state index contributed by atoms with van der Waals surface area (Å²) in [4.78, 5) is 11.7. The van der Waals surface area contributed by atoms with E-state index in [0.29, 0.717) is 13.0 Å². The number of carbonyl (C=O) groups is 1. The Balaban J connectivity index is 0.000000325. The fraction of sp³-hybridized carbons (Fsp3) is 0.533. The minimum absolute atomic E-state index is 0.245. The van der Waals surface area contributed by atoms with Crippen LogP contribution in [0.1, 0.15) is 28.8 Å². The number of hydrogen-bond donors (Lipinski definition) is 0. The fourth-order valence-corrected chi connectivity index (χ4v) is 2.13. The molecule has 1 aromatic carbocycles. The number of fused-ring (bicyclic) bond motifs is 1. The van der Waals surface area contributed by atoms with Crippen LogP contribution in [-0.2, 0) is 15.9 Å². The van der Waals surface area contributed by atoms with Crippen LogP contribution in [-0.4, -0.2) is 38.3 Å². The van der Waals surface area contributed by atoms with Crippen molar-refractivity contribution < 1.29 is 19.0 Å². The van der Waals surface area contributed by atoms with E-state index in [-0.39, 0.29) is 11.9 Å². The average molecular weight is 262 g/mol. The van der Waals surface area contributed by atoms with Gasteiger partial charge in [-0.2, -0.15) is 0 Å². The lowest BCUT2D eigenvalue weighted by molar-refractivity contribution is 0.0971. The second-order valence-electron chi connectivity index (χ2n) is 4.94. The van der Waals surface area contributed by atoms with Crippen molar-refractivity contribution in [3.05, 3.63) is 29.3 Å². The van der Waals surface area contributed by atoms with Crippen LogP contribution in [0.4, 0.5) is 0 Å². The molecule has 0 unspecified atom stereocenters. The first-order chi connectivity index (χ1) is 9.34.